The average molecular weight is 372 g/mol. The number of benzene rings is 1. The lowest BCUT2D eigenvalue weighted by Gasteiger charge is -2.23. The molecule has 1 aliphatic heterocycles. The number of halogens is 1. The summed E-state index contributed by atoms with van der Waals surface area (Å²) in [5, 5.41) is 4.21. The fourth-order valence-corrected chi connectivity index (χ4v) is 3.43. The van der Waals surface area contributed by atoms with E-state index in [1.165, 1.54) is 11.3 Å². The van der Waals surface area contributed by atoms with Crippen LogP contribution >= 0.6 is 11.6 Å². The lowest BCUT2D eigenvalue weighted by molar-refractivity contribution is 0.461. The Morgan fingerprint density at radius 1 is 1.27 bits per heavy atom. The van der Waals surface area contributed by atoms with Crippen molar-refractivity contribution in [2.75, 3.05) is 32.1 Å². The predicted molar refractivity (Wildman–Crippen MR) is 110 cm³/mol. The van der Waals surface area contributed by atoms with Crippen LogP contribution in [-0.2, 0) is 20.1 Å². The van der Waals surface area contributed by atoms with E-state index in [0.29, 0.717) is 0 Å². The summed E-state index contributed by atoms with van der Waals surface area (Å²) in [5.41, 5.74) is 3.64. The van der Waals surface area contributed by atoms with Crippen LogP contribution in [0.3, 0.4) is 0 Å². The van der Waals surface area contributed by atoms with Crippen molar-refractivity contribution in [1.82, 2.24) is 14.8 Å². The van der Waals surface area contributed by atoms with Crippen molar-refractivity contribution in [3.8, 4) is 0 Å². The summed E-state index contributed by atoms with van der Waals surface area (Å²) >= 11 is 6.08. The number of hydrogen-bond acceptors (Lipinski definition) is 2. The maximum Gasteiger partial charge on any atom is 0.194 e. The third-order valence-corrected chi connectivity index (χ3v) is 4.80. The van der Waals surface area contributed by atoms with Gasteiger partial charge in [-0.25, -0.2) is 0 Å². The Bertz CT molecular complexity index is 800. The van der Waals surface area contributed by atoms with E-state index in [1.807, 2.05) is 38.0 Å². The summed E-state index contributed by atoms with van der Waals surface area (Å²) in [6.45, 7) is 3.45. The zero-order valence-corrected chi connectivity index (χ0v) is 16.4. The molecule has 1 N–H and O–H groups in total. The van der Waals surface area contributed by atoms with Crippen LogP contribution in [0.4, 0.5) is 5.69 Å². The first-order chi connectivity index (χ1) is 12.6. The summed E-state index contributed by atoms with van der Waals surface area (Å²) in [5.74, 6) is 0.857. The van der Waals surface area contributed by atoms with E-state index in [4.69, 9.17) is 11.6 Å². The molecule has 0 amide bonds. The standard InChI is InChI=1S/C20H26ClN5/c1-22-20(25(3)15-19-12-17(21)14-24(19)2)23-13-16-7-6-8-18(11-16)26-9-4-5-10-26/h4-8,11-12,14H,9-10,13,15H2,1-3H3,(H,22,23). The van der Waals surface area contributed by atoms with Gasteiger partial charge in [-0.1, -0.05) is 35.9 Å². The zero-order chi connectivity index (χ0) is 18.5. The summed E-state index contributed by atoms with van der Waals surface area (Å²) < 4.78 is 2.04. The van der Waals surface area contributed by atoms with Crippen molar-refractivity contribution < 1.29 is 0 Å². The van der Waals surface area contributed by atoms with Crippen molar-refractivity contribution >= 4 is 23.2 Å². The summed E-state index contributed by atoms with van der Waals surface area (Å²) in [6.07, 6.45) is 6.33. The van der Waals surface area contributed by atoms with Crippen LogP contribution in [0, 0.1) is 0 Å². The normalized spacial score (nSPS) is 14.2. The number of aliphatic imine (C=N–C) groups is 1. The molecular weight excluding hydrogens is 346 g/mol. The van der Waals surface area contributed by atoms with Gasteiger partial charge < -0.3 is 19.7 Å². The highest BCUT2D eigenvalue weighted by Crippen LogP contribution is 2.18. The molecule has 1 aromatic carbocycles. The second kappa shape index (κ2) is 8.32. The monoisotopic (exact) mass is 371 g/mol. The van der Waals surface area contributed by atoms with Gasteiger partial charge in [-0.3, -0.25) is 4.99 Å². The first-order valence-electron chi connectivity index (χ1n) is 8.78. The van der Waals surface area contributed by atoms with Crippen molar-refractivity contribution in [3.63, 3.8) is 0 Å². The van der Waals surface area contributed by atoms with Crippen LogP contribution in [0.25, 0.3) is 0 Å². The Morgan fingerprint density at radius 3 is 2.69 bits per heavy atom. The lowest BCUT2D eigenvalue weighted by Crippen LogP contribution is -2.38. The number of aromatic nitrogens is 1. The fraction of sp³-hybridized carbons (Fsp3) is 0.350. The Kier molecular flexibility index (Phi) is 5.89. The predicted octanol–water partition coefficient (Wildman–Crippen LogP) is 3.26. The molecule has 0 atom stereocenters. The van der Waals surface area contributed by atoms with Crippen molar-refractivity contribution in [2.24, 2.45) is 12.0 Å². The van der Waals surface area contributed by atoms with Crippen LogP contribution in [0.2, 0.25) is 5.02 Å². The molecule has 0 unspecified atom stereocenters. The molecule has 0 fully saturated rings. The van der Waals surface area contributed by atoms with Gasteiger partial charge in [0.2, 0.25) is 0 Å². The Labute approximate surface area is 160 Å². The minimum absolute atomic E-state index is 0.736. The summed E-state index contributed by atoms with van der Waals surface area (Å²) in [4.78, 5) is 8.85. The Balaban J connectivity index is 1.60. The highest BCUT2D eigenvalue weighted by Gasteiger charge is 2.11. The highest BCUT2D eigenvalue weighted by atomic mass is 35.5. The van der Waals surface area contributed by atoms with Crippen molar-refractivity contribution in [3.05, 3.63) is 65.0 Å². The third kappa shape index (κ3) is 4.41. The molecule has 0 saturated heterocycles. The topological polar surface area (TPSA) is 35.8 Å². The third-order valence-electron chi connectivity index (χ3n) is 4.59. The quantitative estimate of drug-likeness (QED) is 0.498. The number of guanidine groups is 1. The van der Waals surface area contributed by atoms with Crippen LogP contribution in [-0.4, -0.2) is 42.6 Å². The number of aryl methyl sites for hydroxylation is 1. The van der Waals surface area contributed by atoms with Crippen LogP contribution in [0.5, 0.6) is 0 Å². The number of anilines is 1. The van der Waals surface area contributed by atoms with Gasteiger partial charge in [-0.15, -0.1) is 0 Å². The molecule has 26 heavy (non-hydrogen) atoms. The minimum Gasteiger partial charge on any atom is -0.364 e. The van der Waals surface area contributed by atoms with E-state index in [0.717, 1.165) is 42.9 Å². The first-order valence-corrected chi connectivity index (χ1v) is 9.16. The number of rotatable bonds is 5. The largest absolute Gasteiger partial charge is 0.364 e. The molecule has 0 bridgehead atoms. The highest BCUT2D eigenvalue weighted by molar-refractivity contribution is 6.30. The van der Waals surface area contributed by atoms with E-state index in [1.54, 1.807) is 0 Å². The van der Waals surface area contributed by atoms with E-state index in [2.05, 4.69) is 56.5 Å². The first kappa shape index (κ1) is 18.4. The van der Waals surface area contributed by atoms with Crippen LogP contribution < -0.4 is 10.2 Å². The SMILES string of the molecule is CN=C(NCc1cccc(N2CC=CC2)c1)N(C)Cc1cc(Cl)cn1C. The van der Waals surface area contributed by atoms with Gasteiger partial charge in [0.25, 0.3) is 0 Å². The van der Waals surface area contributed by atoms with Gasteiger partial charge in [-0.05, 0) is 23.8 Å². The number of nitrogens with one attached hydrogen (secondary N) is 1. The fourth-order valence-electron chi connectivity index (χ4n) is 3.16. The van der Waals surface area contributed by atoms with Gasteiger partial charge in [0.15, 0.2) is 5.96 Å². The summed E-state index contributed by atoms with van der Waals surface area (Å²) in [7, 11) is 5.84. The van der Waals surface area contributed by atoms with E-state index < -0.39 is 0 Å². The van der Waals surface area contributed by atoms with Crippen molar-refractivity contribution in [2.45, 2.75) is 13.1 Å². The van der Waals surface area contributed by atoms with Crippen LogP contribution in [0.1, 0.15) is 11.3 Å². The van der Waals surface area contributed by atoms with Crippen molar-refractivity contribution in [1.29, 1.82) is 0 Å². The Morgan fingerprint density at radius 2 is 2.04 bits per heavy atom. The zero-order valence-electron chi connectivity index (χ0n) is 15.6. The van der Waals surface area contributed by atoms with Gasteiger partial charge in [-0.2, -0.15) is 0 Å². The number of nitrogens with zero attached hydrogens (tertiary/aromatic N) is 4. The maximum absolute atomic E-state index is 6.08. The molecule has 5 nitrogen and oxygen atoms in total. The van der Waals surface area contributed by atoms with Gasteiger partial charge >= 0.3 is 0 Å². The molecule has 0 aliphatic carbocycles. The molecule has 2 heterocycles. The molecule has 3 rings (SSSR count). The molecular formula is C20H26ClN5. The molecule has 1 aromatic heterocycles. The van der Waals surface area contributed by atoms with E-state index in [9.17, 15) is 0 Å². The second-order valence-corrected chi connectivity index (χ2v) is 7.00. The molecule has 1 aliphatic rings. The smallest absolute Gasteiger partial charge is 0.194 e. The molecule has 138 valence electrons. The molecule has 0 radical (unpaired) electrons. The van der Waals surface area contributed by atoms with E-state index >= 15 is 0 Å². The summed E-state index contributed by atoms with van der Waals surface area (Å²) in [6, 6.07) is 10.6. The number of hydrogen-bond donors (Lipinski definition) is 1. The lowest BCUT2D eigenvalue weighted by atomic mass is 10.2. The van der Waals surface area contributed by atoms with Gasteiger partial charge in [0, 0.05) is 58.4 Å². The molecule has 0 saturated carbocycles. The second-order valence-electron chi connectivity index (χ2n) is 6.56. The molecule has 0 spiro atoms. The Hall–Kier alpha value is -2.40. The van der Waals surface area contributed by atoms with Gasteiger partial charge in [0.1, 0.15) is 0 Å². The maximum atomic E-state index is 6.08. The molecule has 2 aromatic rings. The van der Waals surface area contributed by atoms with E-state index in [-0.39, 0.29) is 0 Å². The van der Waals surface area contributed by atoms with Gasteiger partial charge in [0.05, 0.1) is 11.6 Å². The van der Waals surface area contributed by atoms with Crippen LogP contribution in [0.15, 0.2) is 53.7 Å². The minimum atomic E-state index is 0.736. The average Bonchev–Trinajstić information content (AvgIpc) is 3.26. The molecule has 6 heteroatoms.